The molecule has 0 bridgehead atoms. The molecule has 0 radical (unpaired) electrons. The largest absolute Gasteiger partial charge is 0.495 e. The van der Waals surface area contributed by atoms with Gasteiger partial charge in [-0.1, -0.05) is 0 Å². The number of aldehydes is 1. The van der Waals surface area contributed by atoms with Crippen LogP contribution in [0, 0.1) is 0 Å². The van der Waals surface area contributed by atoms with Crippen molar-refractivity contribution < 1.29 is 22.7 Å². The fraction of sp³-hybridized carbons (Fsp3) is 0.222. The monoisotopic (exact) mass is 282 g/mol. The quantitative estimate of drug-likeness (QED) is 0.778. The number of rotatable bonds is 2. The molecule has 0 heterocycles. The molecule has 1 aromatic rings. The van der Waals surface area contributed by atoms with Crippen molar-refractivity contribution in [2.24, 2.45) is 0 Å². The van der Waals surface area contributed by atoms with E-state index in [1.54, 1.807) is 0 Å². The van der Waals surface area contributed by atoms with Gasteiger partial charge in [0.15, 0.2) is 6.29 Å². The predicted octanol–water partition coefficient (Wildman–Crippen LogP) is 3.29. The first-order valence-corrected chi connectivity index (χ1v) is 4.59. The summed E-state index contributed by atoms with van der Waals surface area (Å²) in [7, 11) is 1.28. The van der Waals surface area contributed by atoms with Crippen LogP contribution >= 0.6 is 15.9 Å². The summed E-state index contributed by atoms with van der Waals surface area (Å²) in [6.45, 7) is 0. The molecule has 0 aromatic heterocycles. The van der Waals surface area contributed by atoms with E-state index in [0.717, 1.165) is 12.1 Å². The molecule has 0 amide bonds. The van der Waals surface area contributed by atoms with Crippen molar-refractivity contribution in [3.05, 3.63) is 27.7 Å². The average molecular weight is 283 g/mol. The van der Waals surface area contributed by atoms with Gasteiger partial charge >= 0.3 is 6.18 Å². The summed E-state index contributed by atoms with van der Waals surface area (Å²) in [5.41, 5.74) is -1.03. The molecule has 0 aliphatic rings. The van der Waals surface area contributed by atoms with Crippen molar-refractivity contribution in [3.63, 3.8) is 0 Å². The van der Waals surface area contributed by atoms with Crippen molar-refractivity contribution in [3.8, 4) is 5.75 Å². The van der Waals surface area contributed by atoms with Crippen molar-refractivity contribution >= 4 is 22.2 Å². The van der Waals surface area contributed by atoms with Crippen LogP contribution in [0.5, 0.6) is 5.75 Å². The molecule has 15 heavy (non-hydrogen) atoms. The molecular weight excluding hydrogens is 277 g/mol. The number of halogens is 4. The summed E-state index contributed by atoms with van der Waals surface area (Å²) >= 11 is 2.91. The minimum absolute atomic E-state index is 0.0954. The van der Waals surface area contributed by atoms with E-state index in [4.69, 9.17) is 4.74 Å². The van der Waals surface area contributed by atoms with E-state index in [9.17, 15) is 18.0 Å². The highest BCUT2D eigenvalue weighted by molar-refractivity contribution is 9.10. The number of carbonyl (C=O) groups excluding carboxylic acids is 1. The number of hydrogen-bond donors (Lipinski definition) is 0. The maximum absolute atomic E-state index is 12.3. The summed E-state index contributed by atoms with van der Waals surface area (Å²) in [6, 6.07) is 1.61. The van der Waals surface area contributed by atoms with Gasteiger partial charge in [-0.3, -0.25) is 4.79 Å². The third kappa shape index (κ3) is 2.50. The zero-order chi connectivity index (χ0) is 11.6. The van der Waals surface area contributed by atoms with Gasteiger partial charge in [0.25, 0.3) is 0 Å². The Kier molecular flexibility index (Phi) is 3.38. The highest BCUT2D eigenvalue weighted by Crippen LogP contribution is 2.36. The van der Waals surface area contributed by atoms with E-state index < -0.39 is 11.7 Å². The van der Waals surface area contributed by atoms with Crippen LogP contribution in [0.25, 0.3) is 0 Å². The minimum atomic E-state index is -4.48. The van der Waals surface area contributed by atoms with Gasteiger partial charge in [0.05, 0.1) is 22.7 Å². The molecule has 0 spiro atoms. The maximum atomic E-state index is 12.3. The molecule has 1 rings (SSSR count). The zero-order valence-corrected chi connectivity index (χ0v) is 9.15. The molecule has 1 aromatic carbocycles. The predicted molar refractivity (Wildman–Crippen MR) is 51.1 cm³/mol. The Balaban J connectivity index is 3.38. The number of methoxy groups -OCH3 is 1. The fourth-order valence-electron chi connectivity index (χ4n) is 1.08. The minimum Gasteiger partial charge on any atom is -0.495 e. The van der Waals surface area contributed by atoms with Crippen LogP contribution < -0.4 is 4.74 Å². The van der Waals surface area contributed by atoms with Crippen molar-refractivity contribution in [2.75, 3.05) is 7.11 Å². The lowest BCUT2D eigenvalue weighted by Crippen LogP contribution is -2.06. The second-order valence-electron chi connectivity index (χ2n) is 2.70. The summed E-state index contributed by atoms with van der Waals surface area (Å²) in [5, 5.41) is 0. The van der Waals surface area contributed by atoms with Crippen LogP contribution in [-0.2, 0) is 6.18 Å². The average Bonchev–Trinajstić information content (AvgIpc) is 2.15. The Labute approximate surface area is 92.2 Å². The van der Waals surface area contributed by atoms with Gasteiger partial charge in [-0.2, -0.15) is 13.2 Å². The number of alkyl halides is 3. The molecule has 0 fully saturated rings. The van der Waals surface area contributed by atoms with E-state index in [1.165, 1.54) is 7.11 Å². The van der Waals surface area contributed by atoms with Gasteiger partial charge in [0.1, 0.15) is 5.75 Å². The third-order valence-corrected chi connectivity index (χ3v) is 2.32. The number of carbonyl (C=O) groups is 1. The zero-order valence-electron chi connectivity index (χ0n) is 7.56. The first-order valence-electron chi connectivity index (χ1n) is 3.80. The lowest BCUT2D eigenvalue weighted by atomic mass is 10.1. The summed E-state index contributed by atoms with van der Waals surface area (Å²) in [6.07, 6.45) is -4.16. The Morgan fingerprint density at radius 2 is 2.00 bits per heavy atom. The van der Waals surface area contributed by atoms with Crippen molar-refractivity contribution in [2.45, 2.75) is 6.18 Å². The lowest BCUT2D eigenvalue weighted by molar-refractivity contribution is -0.137. The molecule has 0 atom stereocenters. The smallest absolute Gasteiger partial charge is 0.416 e. The van der Waals surface area contributed by atoms with Crippen LogP contribution in [0.1, 0.15) is 15.9 Å². The van der Waals surface area contributed by atoms with Gasteiger partial charge in [0.2, 0.25) is 0 Å². The first-order chi connectivity index (χ1) is 6.90. The summed E-state index contributed by atoms with van der Waals surface area (Å²) < 4.78 is 41.9. The molecule has 0 N–H and O–H groups in total. The summed E-state index contributed by atoms with van der Waals surface area (Å²) in [5.74, 6) is 0.0954. The number of benzene rings is 1. The fourth-order valence-corrected chi connectivity index (χ4v) is 1.72. The van der Waals surface area contributed by atoms with Crippen LogP contribution in [0.15, 0.2) is 16.6 Å². The molecule has 6 heteroatoms. The number of hydrogen-bond acceptors (Lipinski definition) is 2. The third-order valence-electron chi connectivity index (χ3n) is 1.73. The Morgan fingerprint density at radius 3 is 2.40 bits per heavy atom. The normalized spacial score (nSPS) is 11.3. The highest BCUT2D eigenvalue weighted by Gasteiger charge is 2.32. The van der Waals surface area contributed by atoms with Crippen LogP contribution in [0.2, 0.25) is 0 Å². The Hall–Kier alpha value is -1.04. The second-order valence-corrected chi connectivity index (χ2v) is 3.55. The Bertz CT molecular complexity index is 388. The first kappa shape index (κ1) is 12.0. The van der Waals surface area contributed by atoms with Gasteiger partial charge in [-0.25, -0.2) is 0 Å². The van der Waals surface area contributed by atoms with Crippen molar-refractivity contribution in [1.82, 2.24) is 0 Å². The van der Waals surface area contributed by atoms with E-state index in [-0.39, 0.29) is 15.8 Å². The van der Waals surface area contributed by atoms with E-state index in [0.29, 0.717) is 6.29 Å². The molecule has 0 aliphatic heterocycles. The van der Waals surface area contributed by atoms with Crippen LogP contribution in [0.4, 0.5) is 13.2 Å². The summed E-state index contributed by atoms with van der Waals surface area (Å²) in [4.78, 5) is 10.5. The second kappa shape index (κ2) is 4.22. The Morgan fingerprint density at radius 1 is 1.40 bits per heavy atom. The molecule has 0 aliphatic carbocycles. The van der Waals surface area contributed by atoms with Gasteiger partial charge in [-0.05, 0) is 28.1 Å². The number of ether oxygens (including phenoxy) is 1. The molecule has 0 unspecified atom stereocenters. The topological polar surface area (TPSA) is 26.3 Å². The van der Waals surface area contributed by atoms with Crippen LogP contribution in [-0.4, -0.2) is 13.4 Å². The van der Waals surface area contributed by atoms with Gasteiger partial charge in [0, 0.05) is 0 Å². The van der Waals surface area contributed by atoms with Crippen LogP contribution in [0.3, 0.4) is 0 Å². The van der Waals surface area contributed by atoms with Gasteiger partial charge < -0.3 is 4.74 Å². The molecule has 0 saturated carbocycles. The lowest BCUT2D eigenvalue weighted by Gasteiger charge is -2.11. The van der Waals surface area contributed by atoms with Gasteiger partial charge in [-0.15, -0.1) is 0 Å². The maximum Gasteiger partial charge on any atom is 0.416 e. The molecule has 2 nitrogen and oxygen atoms in total. The standard InChI is InChI=1S/C9H6BrF3O2/c1-15-8-5(4-14)2-6(3-7(8)10)9(11,12)13/h2-4H,1H3. The molecule has 82 valence electrons. The highest BCUT2D eigenvalue weighted by atomic mass is 79.9. The van der Waals surface area contributed by atoms with E-state index in [2.05, 4.69) is 15.9 Å². The molecule has 0 saturated heterocycles. The SMILES string of the molecule is COc1c(Br)cc(C(F)(F)F)cc1C=O. The molecular formula is C9H6BrF3O2. The van der Waals surface area contributed by atoms with E-state index >= 15 is 0 Å². The van der Waals surface area contributed by atoms with Crippen molar-refractivity contribution in [1.29, 1.82) is 0 Å². The van der Waals surface area contributed by atoms with E-state index in [1.807, 2.05) is 0 Å².